The van der Waals surface area contributed by atoms with Crippen molar-refractivity contribution >= 4 is 11.8 Å². The SMILES string of the molecule is CCCc1ccc(OCC(=O)N2CCN(C(=O)Cc3ccc(OC)c(OC)c3)CC2)cc1. The smallest absolute Gasteiger partial charge is 0.260 e. The van der Waals surface area contributed by atoms with E-state index in [1.807, 2.05) is 36.4 Å². The molecule has 0 N–H and O–H groups in total. The molecule has 0 unspecified atom stereocenters. The van der Waals surface area contributed by atoms with Crippen LogP contribution in [0, 0.1) is 0 Å². The van der Waals surface area contributed by atoms with Gasteiger partial charge in [-0.2, -0.15) is 0 Å². The predicted molar refractivity (Wildman–Crippen MR) is 122 cm³/mol. The van der Waals surface area contributed by atoms with Crippen molar-refractivity contribution in [2.45, 2.75) is 26.2 Å². The lowest BCUT2D eigenvalue weighted by molar-refractivity contribution is -0.140. The Morgan fingerprint density at radius 1 is 0.812 bits per heavy atom. The minimum Gasteiger partial charge on any atom is -0.493 e. The number of rotatable bonds is 9. The van der Waals surface area contributed by atoms with Crippen molar-refractivity contribution in [3.05, 3.63) is 53.6 Å². The van der Waals surface area contributed by atoms with Crippen LogP contribution in [0.1, 0.15) is 24.5 Å². The van der Waals surface area contributed by atoms with Crippen LogP contribution in [0.4, 0.5) is 0 Å². The van der Waals surface area contributed by atoms with Gasteiger partial charge < -0.3 is 24.0 Å². The highest BCUT2D eigenvalue weighted by Gasteiger charge is 2.24. The van der Waals surface area contributed by atoms with E-state index in [0.29, 0.717) is 43.4 Å². The van der Waals surface area contributed by atoms with Gasteiger partial charge in [-0.05, 0) is 41.8 Å². The number of aryl methyl sites for hydroxylation is 1. The van der Waals surface area contributed by atoms with Gasteiger partial charge in [-0.1, -0.05) is 31.5 Å². The summed E-state index contributed by atoms with van der Waals surface area (Å²) < 4.78 is 16.2. The first-order valence-corrected chi connectivity index (χ1v) is 11.0. The molecule has 0 saturated carbocycles. The van der Waals surface area contributed by atoms with Crippen LogP contribution in [0.2, 0.25) is 0 Å². The Kier molecular flexibility index (Phi) is 8.36. The fourth-order valence-corrected chi connectivity index (χ4v) is 3.76. The van der Waals surface area contributed by atoms with Gasteiger partial charge in [0.2, 0.25) is 5.91 Å². The van der Waals surface area contributed by atoms with E-state index in [1.54, 1.807) is 30.1 Å². The van der Waals surface area contributed by atoms with Crippen LogP contribution in [-0.4, -0.2) is 68.6 Å². The first-order chi connectivity index (χ1) is 15.5. The van der Waals surface area contributed by atoms with Crippen molar-refractivity contribution in [1.29, 1.82) is 0 Å². The zero-order valence-electron chi connectivity index (χ0n) is 19.1. The molecule has 172 valence electrons. The standard InChI is InChI=1S/C25H32N2O5/c1-4-5-19-6-9-21(10-7-19)32-18-25(29)27-14-12-26(13-15-27)24(28)17-20-8-11-22(30-2)23(16-20)31-3/h6-11,16H,4-5,12-15,17-18H2,1-3H3. The van der Waals surface area contributed by atoms with Crippen LogP contribution in [0.3, 0.4) is 0 Å². The Balaban J connectivity index is 1.44. The highest BCUT2D eigenvalue weighted by molar-refractivity contribution is 5.80. The van der Waals surface area contributed by atoms with Crippen LogP contribution in [0.15, 0.2) is 42.5 Å². The van der Waals surface area contributed by atoms with Crippen molar-refractivity contribution in [1.82, 2.24) is 9.80 Å². The number of carbonyl (C=O) groups is 2. The molecule has 0 spiro atoms. The van der Waals surface area contributed by atoms with Gasteiger partial charge in [0.25, 0.3) is 5.91 Å². The third-order valence-corrected chi connectivity index (χ3v) is 5.61. The van der Waals surface area contributed by atoms with E-state index < -0.39 is 0 Å². The number of amides is 2. The van der Waals surface area contributed by atoms with E-state index in [1.165, 1.54) is 5.56 Å². The van der Waals surface area contributed by atoms with E-state index in [2.05, 4.69) is 6.92 Å². The quantitative estimate of drug-likeness (QED) is 0.600. The Bertz CT molecular complexity index is 905. The molecule has 2 amide bonds. The Labute approximate surface area is 189 Å². The fraction of sp³-hybridized carbons (Fsp3) is 0.440. The maximum atomic E-state index is 12.7. The lowest BCUT2D eigenvalue weighted by Crippen LogP contribution is -2.52. The number of nitrogens with zero attached hydrogens (tertiary/aromatic N) is 2. The molecule has 0 radical (unpaired) electrons. The van der Waals surface area contributed by atoms with Crippen LogP contribution in [0.25, 0.3) is 0 Å². The first-order valence-electron chi connectivity index (χ1n) is 11.0. The molecule has 0 atom stereocenters. The number of methoxy groups -OCH3 is 2. The number of hydrogen-bond acceptors (Lipinski definition) is 5. The van der Waals surface area contributed by atoms with Crippen LogP contribution < -0.4 is 14.2 Å². The largest absolute Gasteiger partial charge is 0.493 e. The third kappa shape index (κ3) is 6.15. The molecular formula is C25H32N2O5. The van der Waals surface area contributed by atoms with Gasteiger partial charge in [0.05, 0.1) is 20.6 Å². The van der Waals surface area contributed by atoms with Crippen LogP contribution in [-0.2, 0) is 22.4 Å². The Morgan fingerprint density at radius 3 is 2.00 bits per heavy atom. The monoisotopic (exact) mass is 440 g/mol. The summed E-state index contributed by atoms with van der Waals surface area (Å²) in [6.45, 7) is 4.21. The summed E-state index contributed by atoms with van der Waals surface area (Å²) >= 11 is 0. The summed E-state index contributed by atoms with van der Waals surface area (Å²) in [5.41, 5.74) is 2.13. The summed E-state index contributed by atoms with van der Waals surface area (Å²) in [7, 11) is 3.16. The van der Waals surface area contributed by atoms with E-state index >= 15 is 0 Å². The van der Waals surface area contributed by atoms with E-state index in [0.717, 1.165) is 18.4 Å². The first kappa shape index (κ1) is 23.4. The molecule has 7 nitrogen and oxygen atoms in total. The van der Waals surface area contributed by atoms with Gasteiger partial charge in [0, 0.05) is 26.2 Å². The number of hydrogen-bond donors (Lipinski definition) is 0. The van der Waals surface area contributed by atoms with E-state index in [-0.39, 0.29) is 24.8 Å². The molecule has 2 aromatic carbocycles. The minimum absolute atomic E-state index is 0.00666. The maximum absolute atomic E-state index is 12.7. The molecule has 0 bridgehead atoms. The minimum atomic E-state index is -0.0605. The maximum Gasteiger partial charge on any atom is 0.260 e. The summed E-state index contributed by atoms with van der Waals surface area (Å²) in [4.78, 5) is 28.8. The van der Waals surface area contributed by atoms with Crippen LogP contribution in [0.5, 0.6) is 17.2 Å². The normalized spacial score (nSPS) is 13.6. The van der Waals surface area contributed by atoms with E-state index in [9.17, 15) is 9.59 Å². The second kappa shape index (κ2) is 11.4. The Hall–Kier alpha value is -3.22. The molecule has 0 aromatic heterocycles. The third-order valence-electron chi connectivity index (χ3n) is 5.61. The van der Waals surface area contributed by atoms with Gasteiger partial charge in [-0.15, -0.1) is 0 Å². The molecule has 0 aliphatic carbocycles. The molecule has 2 aromatic rings. The number of ether oxygens (including phenoxy) is 3. The van der Waals surface area contributed by atoms with Crippen molar-refractivity contribution in [2.24, 2.45) is 0 Å². The lowest BCUT2D eigenvalue weighted by Gasteiger charge is -2.34. The Morgan fingerprint density at radius 2 is 1.41 bits per heavy atom. The van der Waals surface area contributed by atoms with Gasteiger partial charge in [0.1, 0.15) is 5.75 Å². The number of benzene rings is 2. The topological polar surface area (TPSA) is 68.3 Å². The molecule has 1 aliphatic heterocycles. The molecule has 1 heterocycles. The van der Waals surface area contributed by atoms with E-state index in [4.69, 9.17) is 14.2 Å². The predicted octanol–water partition coefficient (Wildman–Crippen LogP) is 2.95. The fourth-order valence-electron chi connectivity index (χ4n) is 3.76. The molecular weight excluding hydrogens is 408 g/mol. The molecule has 1 saturated heterocycles. The average molecular weight is 441 g/mol. The highest BCUT2D eigenvalue weighted by atomic mass is 16.5. The van der Waals surface area contributed by atoms with Gasteiger partial charge >= 0.3 is 0 Å². The second-order valence-electron chi connectivity index (χ2n) is 7.81. The highest BCUT2D eigenvalue weighted by Crippen LogP contribution is 2.28. The number of carbonyl (C=O) groups excluding carboxylic acids is 2. The zero-order valence-corrected chi connectivity index (χ0v) is 19.1. The summed E-state index contributed by atoms with van der Waals surface area (Å²) in [5, 5.41) is 0. The molecule has 3 rings (SSSR count). The zero-order chi connectivity index (χ0) is 22.9. The van der Waals surface area contributed by atoms with Crippen molar-refractivity contribution in [3.63, 3.8) is 0 Å². The number of piperazine rings is 1. The second-order valence-corrected chi connectivity index (χ2v) is 7.81. The average Bonchev–Trinajstić information content (AvgIpc) is 2.83. The molecule has 7 heteroatoms. The van der Waals surface area contributed by atoms with Gasteiger partial charge in [0.15, 0.2) is 18.1 Å². The van der Waals surface area contributed by atoms with Gasteiger partial charge in [-0.3, -0.25) is 9.59 Å². The van der Waals surface area contributed by atoms with Crippen molar-refractivity contribution < 1.29 is 23.8 Å². The summed E-state index contributed by atoms with van der Waals surface area (Å²) in [6.07, 6.45) is 2.42. The van der Waals surface area contributed by atoms with Gasteiger partial charge in [-0.25, -0.2) is 0 Å². The summed E-state index contributed by atoms with van der Waals surface area (Å²) in [5.74, 6) is 1.91. The van der Waals surface area contributed by atoms with Crippen molar-refractivity contribution in [2.75, 3.05) is 47.0 Å². The molecule has 1 fully saturated rings. The lowest BCUT2D eigenvalue weighted by atomic mass is 10.1. The van der Waals surface area contributed by atoms with Crippen LogP contribution >= 0.6 is 0 Å². The summed E-state index contributed by atoms with van der Waals surface area (Å²) in [6, 6.07) is 13.4. The molecule has 32 heavy (non-hydrogen) atoms. The van der Waals surface area contributed by atoms with Crippen molar-refractivity contribution in [3.8, 4) is 17.2 Å². The molecule has 1 aliphatic rings.